The van der Waals surface area contributed by atoms with Gasteiger partial charge in [-0.15, -0.1) is 0 Å². The van der Waals surface area contributed by atoms with E-state index in [0.717, 1.165) is 54.7 Å². The molecule has 7 nitrogen and oxygen atoms in total. The second-order valence-electron chi connectivity index (χ2n) is 7.45. The summed E-state index contributed by atoms with van der Waals surface area (Å²) in [6, 6.07) is 14.2. The predicted molar refractivity (Wildman–Crippen MR) is 120 cm³/mol. The first kappa shape index (κ1) is 20.3. The average Bonchev–Trinajstić information content (AvgIpc) is 3.09. The summed E-state index contributed by atoms with van der Waals surface area (Å²) in [5.41, 5.74) is 2.92. The molecule has 1 aromatic carbocycles. The van der Waals surface area contributed by atoms with Crippen molar-refractivity contribution in [1.29, 1.82) is 5.26 Å². The van der Waals surface area contributed by atoms with Gasteiger partial charge in [-0.25, -0.2) is 9.67 Å². The highest BCUT2D eigenvalue weighted by atomic mass is 32.1. The van der Waals surface area contributed by atoms with Crippen molar-refractivity contribution in [3.05, 3.63) is 58.5 Å². The lowest BCUT2D eigenvalue weighted by Gasteiger charge is -2.35. The van der Waals surface area contributed by atoms with Crippen LogP contribution < -0.4 is 4.90 Å². The van der Waals surface area contributed by atoms with Crippen molar-refractivity contribution in [3.63, 3.8) is 0 Å². The molecule has 1 aliphatic heterocycles. The number of pyridine rings is 1. The van der Waals surface area contributed by atoms with E-state index in [9.17, 15) is 5.26 Å². The molecule has 3 heterocycles. The molecule has 0 aliphatic carbocycles. The molecular formula is C22H25N7S. The van der Waals surface area contributed by atoms with Crippen molar-refractivity contribution in [2.75, 3.05) is 31.1 Å². The van der Waals surface area contributed by atoms with Crippen LogP contribution in [0.5, 0.6) is 0 Å². The molecule has 0 unspecified atom stereocenters. The van der Waals surface area contributed by atoms with Crippen LogP contribution in [0.15, 0.2) is 42.6 Å². The van der Waals surface area contributed by atoms with Gasteiger partial charge in [-0.3, -0.25) is 4.90 Å². The summed E-state index contributed by atoms with van der Waals surface area (Å²) in [4.78, 5) is 8.93. The number of nitriles is 1. The highest BCUT2D eigenvalue weighted by Crippen LogP contribution is 2.21. The maximum atomic E-state index is 9.34. The van der Waals surface area contributed by atoms with Gasteiger partial charge in [-0.05, 0) is 44.3 Å². The van der Waals surface area contributed by atoms with Crippen molar-refractivity contribution in [3.8, 4) is 17.5 Å². The summed E-state index contributed by atoms with van der Waals surface area (Å²) in [6.07, 6.45) is 1.74. The molecule has 0 saturated carbocycles. The van der Waals surface area contributed by atoms with Gasteiger partial charge in [0, 0.05) is 44.5 Å². The smallest absolute Gasteiger partial charge is 0.199 e. The first-order chi connectivity index (χ1) is 14.6. The first-order valence-corrected chi connectivity index (χ1v) is 10.6. The Morgan fingerprint density at radius 1 is 1.13 bits per heavy atom. The van der Waals surface area contributed by atoms with Crippen molar-refractivity contribution in [1.82, 2.24) is 24.2 Å². The number of nitrogens with zero attached hydrogens (tertiary/aromatic N) is 7. The van der Waals surface area contributed by atoms with E-state index in [4.69, 9.17) is 17.3 Å². The Balaban J connectivity index is 1.50. The Hall–Kier alpha value is -3.02. The molecule has 1 fully saturated rings. The maximum Gasteiger partial charge on any atom is 0.199 e. The zero-order valence-corrected chi connectivity index (χ0v) is 18.1. The van der Waals surface area contributed by atoms with Crippen LogP contribution in [0.3, 0.4) is 0 Å². The molecule has 0 N–H and O–H groups in total. The Labute approximate surface area is 181 Å². The van der Waals surface area contributed by atoms with Crippen LogP contribution in [-0.2, 0) is 13.2 Å². The van der Waals surface area contributed by atoms with E-state index in [1.165, 1.54) is 5.56 Å². The lowest BCUT2D eigenvalue weighted by molar-refractivity contribution is 0.194. The quantitative estimate of drug-likeness (QED) is 0.590. The van der Waals surface area contributed by atoms with E-state index in [1.807, 2.05) is 10.7 Å². The highest BCUT2D eigenvalue weighted by molar-refractivity contribution is 7.71. The van der Waals surface area contributed by atoms with Gasteiger partial charge in [0.2, 0.25) is 0 Å². The molecule has 4 rings (SSSR count). The zero-order valence-electron chi connectivity index (χ0n) is 17.3. The van der Waals surface area contributed by atoms with E-state index >= 15 is 0 Å². The molecule has 0 bridgehead atoms. The molecule has 2 aromatic heterocycles. The van der Waals surface area contributed by atoms with Gasteiger partial charge in [0.15, 0.2) is 10.6 Å². The van der Waals surface area contributed by atoms with Gasteiger partial charge in [0.05, 0.1) is 12.2 Å². The number of aromatic nitrogens is 4. The van der Waals surface area contributed by atoms with Crippen LogP contribution in [-0.4, -0.2) is 50.4 Å². The summed E-state index contributed by atoms with van der Waals surface area (Å²) in [5.74, 6) is 1.69. The maximum absolute atomic E-state index is 9.34. The van der Waals surface area contributed by atoms with E-state index in [-0.39, 0.29) is 0 Å². The van der Waals surface area contributed by atoms with Gasteiger partial charge in [-0.1, -0.05) is 23.8 Å². The van der Waals surface area contributed by atoms with Gasteiger partial charge >= 0.3 is 0 Å². The van der Waals surface area contributed by atoms with Gasteiger partial charge in [0.1, 0.15) is 11.9 Å². The van der Waals surface area contributed by atoms with Crippen LogP contribution in [0.1, 0.15) is 18.1 Å². The monoisotopic (exact) mass is 419 g/mol. The van der Waals surface area contributed by atoms with E-state index < -0.39 is 0 Å². The molecule has 0 atom stereocenters. The van der Waals surface area contributed by atoms with Crippen LogP contribution in [0.2, 0.25) is 0 Å². The molecule has 1 aliphatic rings. The van der Waals surface area contributed by atoms with Gasteiger partial charge in [0.25, 0.3) is 0 Å². The fraction of sp³-hybridized carbons (Fsp3) is 0.364. The number of hydrogen-bond donors (Lipinski definition) is 0. The SMILES string of the molecule is CCn1c(-c2cccc(C)c2)nn(CN2CCN(c3ncccc3C#N)CC2)c1=S. The fourth-order valence-electron chi connectivity index (χ4n) is 3.84. The summed E-state index contributed by atoms with van der Waals surface area (Å²) in [6.45, 7) is 8.99. The van der Waals surface area contributed by atoms with Crippen LogP contribution >= 0.6 is 12.2 Å². The Bertz CT molecular complexity index is 1130. The van der Waals surface area contributed by atoms with Crippen LogP contribution in [0, 0.1) is 23.0 Å². The molecule has 8 heteroatoms. The minimum Gasteiger partial charge on any atom is -0.353 e. The van der Waals surface area contributed by atoms with E-state index in [2.05, 4.69) is 63.5 Å². The number of aryl methyl sites for hydroxylation is 1. The normalized spacial score (nSPS) is 14.6. The van der Waals surface area contributed by atoms with Crippen LogP contribution in [0.4, 0.5) is 5.82 Å². The first-order valence-electron chi connectivity index (χ1n) is 10.2. The topological polar surface area (TPSA) is 65.9 Å². The number of benzene rings is 1. The third-order valence-electron chi connectivity index (χ3n) is 5.43. The second-order valence-corrected chi connectivity index (χ2v) is 7.82. The van der Waals surface area contributed by atoms with Crippen molar-refractivity contribution in [2.24, 2.45) is 0 Å². The lowest BCUT2D eigenvalue weighted by atomic mass is 10.1. The molecule has 154 valence electrons. The predicted octanol–water partition coefficient (Wildman–Crippen LogP) is 3.46. The van der Waals surface area contributed by atoms with Crippen molar-refractivity contribution >= 4 is 18.0 Å². The van der Waals surface area contributed by atoms with E-state index in [0.29, 0.717) is 12.2 Å². The van der Waals surface area contributed by atoms with Crippen molar-refractivity contribution < 1.29 is 0 Å². The largest absolute Gasteiger partial charge is 0.353 e. The molecule has 0 amide bonds. The summed E-state index contributed by atoms with van der Waals surface area (Å²) < 4.78 is 4.76. The van der Waals surface area contributed by atoms with Gasteiger partial charge < -0.3 is 9.47 Å². The molecule has 3 aromatic rings. The standard InChI is InChI=1S/C22H25N7S/c1-3-28-21(18-7-4-6-17(2)14-18)25-29(22(28)30)16-26-10-12-27(13-11-26)20-19(15-23)8-5-9-24-20/h4-9,14H,3,10-13,16H2,1-2H3. The second kappa shape index (κ2) is 8.78. The third kappa shape index (κ3) is 3.99. The average molecular weight is 420 g/mol. The fourth-order valence-corrected chi connectivity index (χ4v) is 4.16. The minimum absolute atomic E-state index is 0.623. The molecule has 30 heavy (non-hydrogen) atoms. The molecule has 0 spiro atoms. The van der Waals surface area contributed by atoms with Crippen molar-refractivity contribution in [2.45, 2.75) is 27.1 Å². The Morgan fingerprint density at radius 3 is 2.63 bits per heavy atom. The van der Waals surface area contributed by atoms with Gasteiger partial charge in [-0.2, -0.15) is 10.4 Å². The van der Waals surface area contributed by atoms with E-state index in [1.54, 1.807) is 12.3 Å². The molecule has 1 saturated heterocycles. The van der Waals surface area contributed by atoms with Crippen LogP contribution in [0.25, 0.3) is 11.4 Å². The Kier molecular flexibility index (Phi) is 5.93. The summed E-state index contributed by atoms with van der Waals surface area (Å²) in [5, 5.41) is 14.2. The molecule has 0 radical (unpaired) electrons. The third-order valence-corrected chi connectivity index (χ3v) is 5.86. The number of piperazine rings is 1. The lowest BCUT2D eigenvalue weighted by Crippen LogP contribution is -2.47. The minimum atomic E-state index is 0.623. The number of rotatable bonds is 5. The summed E-state index contributed by atoms with van der Waals surface area (Å²) in [7, 11) is 0. The number of anilines is 1. The Morgan fingerprint density at radius 2 is 1.93 bits per heavy atom. The summed E-state index contributed by atoms with van der Waals surface area (Å²) >= 11 is 5.73. The highest BCUT2D eigenvalue weighted by Gasteiger charge is 2.21. The number of hydrogen-bond acceptors (Lipinski definition) is 6. The molecular weight excluding hydrogens is 394 g/mol. The zero-order chi connectivity index (χ0) is 21.1.